The summed E-state index contributed by atoms with van der Waals surface area (Å²) in [5.74, 6) is -1.95. The molecular weight excluding hydrogens is 260 g/mol. The van der Waals surface area contributed by atoms with E-state index in [2.05, 4.69) is 0 Å². The van der Waals surface area contributed by atoms with Gasteiger partial charge in [0, 0.05) is 16.2 Å². The van der Waals surface area contributed by atoms with Crippen LogP contribution >= 0.6 is 22.7 Å². The molecular formula is C11H8O4S2. The van der Waals surface area contributed by atoms with E-state index in [1.165, 1.54) is 34.8 Å². The largest absolute Gasteiger partial charge is 0.478 e. The Morgan fingerprint density at radius 1 is 0.941 bits per heavy atom. The molecule has 2 N–H and O–H groups in total. The van der Waals surface area contributed by atoms with Gasteiger partial charge in [-0.3, -0.25) is 0 Å². The molecule has 6 heteroatoms. The van der Waals surface area contributed by atoms with E-state index in [1.807, 2.05) is 0 Å². The lowest BCUT2D eigenvalue weighted by molar-refractivity contribution is 0.0687. The van der Waals surface area contributed by atoms with Gasteiger partial charge in [0.2, 0.25) is 0 Å². The maximum absolute atomic E-state index is 10.9. The number of thiophene rings is 2. The number of aromatic carboxylic acids is 2. The van der Waals surface area contributed by atoms with Crippen molar-refractivity contribution < 1.29 is 19.8 Å². The molecule has 0 aliphatic carbocycles. The molecule has 0 aromatic carbocycles. The molecule has 0 spiro atoms. The number of carboxylic acids is 2. The van der Waals surface area contributed by atoms with E-state index in [-0.39, 0.29) is 11.1 Å². The van der Waals surface area contributed by atoms with Crippen LogP contribution in [0.4, 0.5) is 0 Å². The maximum atomic E-state index is 10.9. The van der Waals surface area contributed by atoms with E-state index in [9.17, 15) is 9.59 Å². The first-order valence-corrected chi connectivity index (χ1v) is 6.45. The van der Waals surface area contributed by atoms with Crippen LogP contribution in [0, 0.1) is 0 Å². The first kappa shape index (κ1) is 11.8. The van der Waals surface area contributed by atoms with Gasteiger partial charge in [-0.05, 0) is 22.9 Å². The topological polar surface area (TPSA) is 74.6 Å². The molecule has 0 radical (unpaired) electrons. The molecule has 2 aromatic rings. The molecule has 0 saturated heterocycles. The van der Waals surface area contributed by atoms with Crippen molar-refractivity contribution in [2.24, 2.45) is 0 Å². The van der Waals surface area contributed by atoms with E-state index in [0.29, 0.717) is 16.2 Å². The molecule has 0 aliphatic heterocycles. The number of hydrogen-bond donors (Lipinski definition) is 2. The molecule has 4 nitrogen and oxygen atoms in total. The second-order valence-electron chi connectivity index (χ2n) is 3.30. The number of carboxylic acid groups (broad SMARTS) is 2. The minimum absolute atomic E-state index is 0.250. The summed E-state index contributed by atoms with van der Waals surface area (Å²) in [4.78, 5) is 23.2. The van der Waals surface area contributed by atoms with Gasteiger partial charge in [0.25, 0.3) is 0 Å². The second-order valence-corrected chi connectivity index (χ2v) is 5.30. The van der Waals surface area contributed by atoms with Crippen molar-refractivity contribution in [2.45, 2.75) is 6.42 Å². The van der Waals surface area contributed by atoms with Crippen molar-refractivity contribution in [3.63, 3.8) is 0 Å². The Morgan fingerprint density at radius 2 is 1.35 bits per heavy atom. The predicted octanol–water partition coefficient (Wildman–Crippen LogP) is 2.80. The van der Waals surface area contributed by atoms with Crippen molar-refractivity contribution in [2.75, 3.05) is 0 Å². The normalized spacial score (nSPS) is 10.4. The Hall–Kier alpha value is -1.66. The van der Waals surface area contributed by atoms with Gasteiger partial charge in [-0.25, -0.2) is 9.59 Å². The van der Waals surface area contributed by atoms with Crippen molar-refractivity contribution in [1.82, 2.24) is 0 Å². The van der Waals surface area contributed by atoms with E-state index in [0.717, 1.165) is 0 Å². The second kappa shape index (κ2) is 4.68. The van der Waals surface area contributed by atoms with Crippen molar-refractivity contribution in [3.05, 3.63) is 43.8 Å². The lowest BCUT2D eigenvalue weighted by Gasteiger charge is -1.99. The summed E-state index contributed by atoms with van der Waals surface area (Å²) in [6, 6.07) is 3.08. The summed E-state index contributed by atoms with van der Waals surface area (Å²) >= 11 is 2.66. The average molecular weight is 268 g/mol. The fraction of sp³-hybridized carbons (Fsp3) is 0.0909. The minimum Gasteiger partial charge on any atom is -0.478 e. The Kier molecular flexibility index (Phi) is 3.26. The zero-order valence-electron chi connectivity index (χ0n) is 8.54. The van der Waals surface area contributed by atoms with Gasteiger partial charge in [-0.15, -0.1) is 22.7 Å². The quantitative estimate of drug-likeness (QED) is 0.894. The molecule has 0 amide bonds. The van der Waals surface area contributed by atoms with E-state index in [4.69, 9.17) is 10.2 Å². The van der Waals surface area contributed by atoms with E-state index >= 15 is 0 Å². The summed E-state index contributed by atoms with van der Waals surface area (Å²) in [5.41, 5.74) is 0.500. The SMILES string of the molecule is O=C(O)c1ccsc1Cc1sccc1C(=O)O. The smallest absolute Gasteiger partial charge is 0.336 e. The van der Waals surface area contributed by atoms with Crippen LogP contribution in [0.15, 0.2) is 22.9 Å². The van der Waals surface area contributed by atoms with Crippen LogP contribution in [-0.4, -0.2) is 22.2 Å². The third kappa shape index (κ3) is 2.37. The van der Waals surface area contributed by atoms with Crippen LogP contribution in [0.5, 0.6) is 0 Å². The molecule has 2 rings (SSSR count). The lowest BCUT2D eigenvalue weighted by atomic mass is 10.1. The number of hydrogen-bond acceptors (Lipinski definition) is 4. The highest BCUT2D eigenvalue weighted by Crippen LogP contribution is 2.26. The highest BCUT2D eigenvalue weighted by molar-refractivity contribution is 7.11. The van der Waals surface area contributed by atoms with Gasteiger partial charge in [0.1, 0.15) is 0 Å². The van der Waals surface area contributed by atoms with Crippen LogP contribution < -0.4 is 0 Å². The molecule has 0 bridgehead atoms. The van der Waals surface area contributed by atoms with Gasteiger partial charge >= 0.3 is 11.9 Å². The third-order valence-corrected chi connectivity index (χ3v) is 4.11. The van der Waals surface area contributed by atoms with Crippen molar-refractivity contribution in [3.8, 4) is 0 Å². The molecule has 17 heavy (non-hydrogen) atoms. The first-order valence-electron chi connectivity index (χ1n) is 4.69. The van der Waals surface area contributed by atoms with Crippen molar-refractivity contribution in [1.29, 1.82) is 0 Å². The van der Waals surface area contributed by atoms with Gasteiger partial charge in [0.15, 0.2) is 0 Å². The fourth-order valence-corrected chi connectivity index (χ4v) is 3.33. The lowest BCUT2D eigenvalue weighted by Crippen LogP contribution is -2.01. The van der Waals surface area contributed by atoms with Gasteiger partial charge in [-0.1, -0.05) is 0 Å². The van der Waals surface area contributed by atoms with Crippen LogP contribution in [0.2, 0.25) is 0 Å². The summed E-state index contributed by atoms with van der Waals surface area (Å²) in [6.07, 6.45) is 0.360. The summed E-state index contributed by atoms with van der Waals surface area (Å²) in [7, 11) is 0. The van der Waals surface area contributed by atoms with Crippen molar-refractivity contribution >= 4 is 34.6 Å². The monoisotopic (exact) mass is 268 g/mol. The van der Waals surface area contributed by atoms with Crippen LogP contribution in [0.25, 0.3) is 0 Å². The van der Waals surface area contributed by atoms with E-state index in [1.54, 1.807) is 10.8 Å². The zero-order chi connectivity index (χ0) is 12.4. The minimum atomic E-state index is -0.977. The number of rotatable bonds is 4. The third-order valence-electron chi connectivity index (χ3n) is 2.27. The Balaban J connectivity index is 2.32. The zero-order valence-corrected chi connectivity index (χ0v) is 10.2. The summed E-state index contributed by atoms with van der Waals surface area (Å²) in [6.45, 7) is 0. The van der Waals surface area contributed by atoms with Crippen LogP contribution in [0.3, 0.4) is 0 Å². The van der Waals surface area contributed by atoms with Gasteiger partial charge in [-0.2, -0.15) is 0 Å². The van der Waals surface area contributed by atoms with Gasteiger partial charge in [0.05, 0.1) is 11.1 Å². The number of carbonyl (C=O) groups is 2. The predicted molar refractivity (Wildman–Crippen MR) is 65.4 cm³/mol. The highest BCUT2D eigenvalue weighted by atomic mass is 32.1. The molecule has 0 aliphatic rings. The molecule has 0 atom stereocenters. The Labute approximate surface area is 105 Å². The van der Waals surface area contributed by atoms with Crippen LogP contribution in [-0.2, 0) is 6.42 Å². The summed E-state index contributed by atoms with van der Waals surface area (Å²) < 4.78 is 0. The van der Waals surface area contributed by atoms with E-state index < -0.39 is 11.9 Å². The Morgan fingerprint density at radius 3 is 1.71 bits per heavy atom. The molecule has 0 saturated carbocycles. The fourth-order valence-electron chi connectivity index (χ4n) is 1.48. The van der Waals surface area contributed by atoms with Crippen LogP contribution in [0.1, 0.15) is 30.5 Å². The van der Waals surface area contributed by atoms with Gasteiger partial charge < -0.3 is 10.2 Å². The molecule has 88 valence electrons. The summed E-state index contributed by atoms with van der Waals surface area (Å²) in [5, 5.41) is 21.3. The molecule has 2 heterocycles. The molecule has 0 fully saturated rings. The highest BCUT2D eigenvalue weighted by Gasteiger charge is 2.16. The Bertz CT molecular complexity index is 517. The standard InChI is InChI=1S/C11H8O4S2/c12-10(13)6-1-3-16-8(6)5-9-7(11(14)15)2-4-17-9/h1-4H,5H2,(H,12,13)(H,14,15). The first-order chi connectivity index (χ1) is 8.09. The molecule has 2 aromatic heterocycles. The average Bonchev–Trinajstić information content (AvgIpc) is 2.86. The molecule has 0 unspecified atom stereocenters. The maximum Gasteiger partial charge on any atom is 0.336 e.